The van der Waals surface area contributed by atoms with E-state index in [2.05, 4.69) is 49.5 Å². The van der Waals surface area contributed by atoms with Crippen molar-refractivity contribution in [3.8, 4) is 0 Å². The van der Waals surface area contributed by atoms with Gasteiger partial charge in [0, 0.05) is 23.7 Å². The lowest BCUT2D eigenvalue weighted by Crippen LogP contribution is -2.15. The molecule has 1 aromatic carbocycles. The summed E-state index contributed by atoms with van der Waals surface area (Å²) in [6, 6.07) is 8.78. The van der Waals surface area contributed by atoms with Crippen molar-refractivity contribution in [2.75, 3.05) is 19.8 Å². The van der Waals surface area contributed by atoms with Gasteiger partial charge in [0.15, 0.2) is 0 Å². The van der Waals surface area contributed by atoms with E-state index in [1.807, 2.05) is 12.1 Å². The fourth-order valence-corrected chi connectivity index (χ4v) is 2.40. The molecule has 0 saturated carbocycles. The molecule has 0 aliphatic heterocycles. The maximum atomic E-state index is 6.10. The lowest BCUT2D eigenvalue weighted by molar-refractivity contribution is 0.384. The smallest absolute Gasteiger partial charge is 0.0718 e. The average Bonchev–Trinajstić information content (AvgIpc) is 2.56. The summed E-state index contributed by atoms with van der Waals surface area (Å²) in [5.74, 6) is 0. The van der Waals surface area contributed by atoms with Crippen molar-refractivity contribution >= 4 is 16.6 Å². The van der Waals surface area contributed by atoms with E-state index in [4.69, 9.17) is 5.73 Å². The number of nitrogen functional groups attached to an aromatic ring is 1. The summed E-state index contributed by atoms with van der Waals surface area (Å²) in [6.45, 7) is 5.34. The number of nitrogens with two attached hydrogens (primary N) is 1. The predicted octanol–water partition coefficient (Wildman–Crippen LogP) is 2.87. The van der Waals surface area contributed by atoms with Gasteiger partial charge in [-0.3, -0.25) is 0 Å². The number of hydrogen-bond donors (Lipinski definition) is 1. The second kappa shape index (κ2) is 4.41. The third-order valence-electron chi connectivity index (χ3n) is 2.97. The summed E-state index contributed by atoms with van der Waals surface area (Å²) in [7, 11) is 4.18. The van der Waals surface area contributed by atoms with Gasteiger partial charge in [0.1, 0.15) is 0 Å². The largest absolute Gasteiger partial charge is 0.397 e. The van der Waals surface area contributed by atoms with E-state index in [1.54, 1.807) is 0 Å². The van der Waals surface area contributed by atoms with Crippen molar-refractivity contribution in [1.82, 2.24) is 9.47 Å². The van der Waals surface area contributed by atoms with Crippen LogP contribution < -0.4 is 5.73 Å². The molecule has 0 saturated heterocycles. The lowest BCUT2D eigenvalue weighted by Gasteiger charge is -2.18. The molecule has 0 radical (unpaired) electrons. The molecule has 3 heteroatoms. The Bertz CT molecular complexity index is 523. The Morgan fingerprint density at radius 3 is 2.59 bits per heavy atom. The number of nitrogens with zero attached hydrogens (tertiary/aromatic N) is 2. The average molecular weight is 231 g/mol. The molecule has 0 bridgehead atoms. The van der Waals surface area contributed by atoms with Crippen LogP contribution in [-0.2, 0) is 6.54 Å². The molecule has 1 heterocycles. The van der Waals surface area contributed by atoms with E-state index in [1.165, 1.54) is 16.6 Å². The first-order valence-electron chi connectivity index (χ1n) is 6.03. The third-order valence-corrected chi connectivity index (χ3v) is 2.97. The van der Waals surface area contributed by atoms with Crippen LogP contribution in [0.5, 0.6) is 0 Å². The molecular weight excluding hydrogens is 210 g/mol. The van der Waals surface area contributed by atoms with Gasteiger partial charge < -0.3 is 15.2 Å². The Balaban J connectivity index is 2.67. The van der Waals surface area contributed by atoms with Crippen molar-refractivity contribution in [2.45, 2.75) is 26.4 Å². The van der Waals surface area contributed by atoms with Crippen LogP contribution in [0.1, 0.15) is 25.6 Å². The molecule has 3 nitrogen and oxygen atoms in total. The van der Waals surface area contributed by atoms with E-state index < -0.39 is 0 Å². The highest BCUT2D eigenvalue weighted by molar-refractivity contribution is 5.91. The zero-order chi connectivity index (χ0) is 12.6. The van der Waals surface area contributed by atoms with Crippen molar-refractivity contribution in [2.24, 2.45) is 0 Å². The van der Waals surface area contributed by atoms with Crippen molar-refractivity contribution < 1.29 is 0 Å². The number of hydrogen-bond acceptors (Lipinski definition) is 2. The first-order valence-corrected chi connectivity index (χ1v) is 6.03. The second-order valence-corrected chi connectivity index (χ2v) is 5.12. The first-order chi connectivity index (χ1) is 8.00. The molecule has 2 N–H and O–H groups in total. The molecule has 0 atom stereocenters. The van der Waals surface area contributed by atoms with Crippen molar-refractivity contribution in [1.29, 1.82) is 0 Å². The monoisotopic (exact) mass is 231 g/mol. The minimum Gasteiger partial charge on any atom is -0.397 e. The Labute approximate surface area is 103 Å². The number of anilines is 1. The van der Waals surface area contributed by atoms with Crippen LogP contribution in [0.15, 0.2) is 24.3 Å². The molecular formula is C14H21N3. The first kappa shape index (κ1) is 12.0. The van der Waals surface area contributed by atoms with Gasteiger partial charge in [0.2, 0.25) is 0 Å². The van der Waals surface area contributed by atoms with Crippen LogP contribution in [0.3, 0.4) is 0 Å². The molecule has 0 unspecified atom stereocenters. The third kappa shape index (κ3) is 2.15. The summed E-state index contributed by atoms with van der Waals surface area (Å²) in [6.07, 6.45) is 0. The molecule has 2 rings (SSSR count). The lowest BCUT2D eigenvalue weighted by atomic mass is 10.2. The molecule has 0 aliphatic carbocycles. The number of fused-ring (bicyclic) bond motifs is 1. The molecule has 0 aliphatic rings. The Hall–Kier alpha value is -1.48. The van der Waals surface area contributed by atoms with Crippen LogP contribution >= 0.6 is 0 Å². The van der Waals surface area contributed by atoms with Gasteiger partial charge in [-0.2, -0.15) is 0 Å². The van der Waals surface area contributed by atoms with Crippen LogP contribution in [0.2, 0.25) is 0 Å². The maximum absolute atomic E-state index is 6.10. The van der Waals surface area contributed by atoms with E-state index >= 15 is 0 Å². The van der Waals surface area contributed by atoms with Crippen LogP contribution in [0.4, 0.5) is 5.69 Å². The number of para-hydroxylation sites is 1. The highest BCUT2D eigenvalue weighted by atomic mass is 15.1. The molecule has 17 heavy (non-hydrogen) atoms. The normalized spacial score (nSPS) is 11.9. The van der Waals surface area contributed by atoms with Crippen molar-refractivity contribution in [3.63, 3.8) is 0 Å². The van der Waals surface area contributed by atoms with Gasteiger partial charge in [-0.15, -0.1) is 0 Å². The summed E-state index contributed by atoms with van der Waals surface area (Å²) < 4.78 is 2.34. The zero-order valence-corrected chi connectivity index (χ0v) is 11.1. The van der Waals surface area contributed by atoms with E-state index in [9.17, 15) is 0 Å². The van der Waals surface area contributed by atoms with Gasteiger partial charge in [-0.05, 0) is 40.1 Å². The quantitative estimate of drug-likeness (QED) is 0.824. The minimum atomic E-state index is 0.423. The van der Waals surface area contributed by atoms with Crippen LogP contribution in [0.25, 0.3) is 10.9 Å². The standard InChI is InChI=1S/C14H21N3/c1-10(2)17-12(9-16(3)4)8-11-6-5-7-13(15)14(11)17/h5-8,10H,9,15H2,1-4H3. The highest BCUT2D eigenvalue weighted by Gasteiger charge is 2.13. The maximum Gasteiger partial charge on any atom is 0.0718 e. The summed E-state index contributed by atoms with van der Waals surface area (Å²) in [5.41, 5.74) is 9.45. The van der Waals surface area contributed by atoms with Crippen LogP contribution in [0, 0.1) is 0 Å². The van der Waals surface area contributed by atoms with Gasteiger partial charge in [-0.1, -0.05) is 12.1 Å². The topological polar surface area (TPSA) is 34.2 Å². The zero-order valence-electron chi connectivity index (χ0n) is 11.1. The highest BCUT2D eigenvalue weighted by Crippen LogP contribution is 2.28. The van der Waals surface area contributed by atoms with Gasteiger partial charge >= 0.3 is 0 Å². The number of benzene rings is 1. The Kier molecular flexibility index (Phi) is 3.11. The molecule has 0 amide bonds. The molecule has 92 valence electrons. The molecule has 0 fully saturated rings. The van der Waals surface area contributed by atoms with Crippen molar-refractivity contribution in [3.05, 3.63) is 30.0 Å². The summed E-state index contributed by atoms with van der Waals surface area (Å²) >= 11 is 0. The van der Waals surface area contributed by atoms with Gasteiger partial charge in [0.05, 0.1) is 11.2 Å². The summed E-state index contributed by atoms with van der Waals surface area (Å²) in [5, 5.41) is 1.23. The Morgan fingerprint density at radius 2 is 2.00 bits per heavy atom. The fourth-order valence-electron chi connectivity index (χ4n) is 2.40. The number of rotatable bonds is 3. The second-order valence-electron chi connectivity index (χ2n) is 5.12. The van der Waals surface area contributed by atoms with Gasteiger partial charge in [0.25, 0.3) is 0 Å². The predicted molar refractivity (Wildman–Crippen MR) is 74.1 cm³/mol. The van der Waals surface area contributed by atoms with Gasteiger partial charge in [-0.25, -0.2) is 0 Å². The van der Waals surface area contributed by atoms with E-state index in [0.717, 1.165) is 12.2 Å². The molecule has 2 aromatic rings. The fraction of sp³-hybridized carbons (Fsp3) is 0.429. The molecule has 0 spiro atoms. The molecule has 1 aromatic heterocycles. The SMILES string of the molecule is CC(C)n1c(CN(C)C)cc2cccc(N)c21. The number of aromatic nitrogens is 1. The van der Waals surface area contributed by atoms with E-state index in [0.29, 0.717) is 6.04 Å². The Morgan fingerprint density at radius 1 is 1.29 bits per heavy atom. The minimum absolute atomic E-state index is 0.423. The summed E-state index contributed by atoms with van der Waals surface area (Å²) in [4.78, 5) is 2.18. The van der Waals surface area contributed by atoms with Crippen LogP contribution in [-0.4, -0.2) is 23.6 Å². The van der Waals surface area contributed by atoms with E-state index in [-0.39, 0.29) is 0 Å².